The van der Waals surface area contributed by atoms with Gasteiger partial charge in [0.05, 0.1) is 0 Å². The van der Waals surface area contributed by atoms with Crippen LogP contribution in [0.25, 0.3) is 0 Å². The zero-order chi connectivity index (χ0) is 13.8. The van der Waals surface area contributed by atoms with Crippen molar-refractivity contribution in [2.45, 2.75) is 44.6 Å². The monoisotopic (exact) mass is 314 g/mol. The van der Waals surface area contributed by atoms with Gasteiger partial charge in [0.25, 0.3) is 0 Å². The Kier molecular flexibility index (Phi) is 5.28. The molecule has 0 aliphatic rings. The van der Waals surface area contributed by atoms with Gasteiger partial charge in [-0.2, -0.15) is 0 Å². The molecule has 2 atom stereocenters. The second-order valence-corrected chi connectivity index (χ2v) is 5.21. The minimum Gasteiger partial charge on any atom is -0.379 e. The Morgan fingerprint density at radius 2 is 2.28 bits per heavy atom. The molecule has 5 heteroatoms. The number of aliphatic hydroxyl groups is 1. The van der Waals surface area contributed by atoms with E-state index in [1.54, 1.807) is 13.1 Å². The van der Waals surface area contributed by atoms with Gasteiger partial charge in [-0.25, -0.2) is 4.98 Å². The third-order valence-electron chi connectivity index (χ3n) is 3.27. The molecule has 0 radical (unpaired) electrons. The second kappa shape index (κ2) is 6.29. The summed E-state index contributed by atoms with van der Waals surface area (Å²) in [6, 6.07) is 3.64. The zero-order valence-electron chi connectivity index (χ0n) is 10.7. The molecule has 1 rings (SSSR count). The van der Waals surface area contributed by atoms with Crippen LogP contribution in [0.5, 0.6) is 0 Å². The summed E-state index contributed by atoms with van der Waals surface area (Å²) in [5.41, 5.74) is 4.75. The van der Waals surface area contributed by atoms with Crippen molar-refractivity contribution in [2.75, 3.05) is 0 Å². The zero-order valence-corrected chi connectivity index (χ0v) is 12.3. The third-order valence-corrected chi connectivity index (χ3v) is 3.71. The smallest absolute Gasteiger partial charge is 0.250 e. The number of carbonyl (C=O) groups excluding carboxylic acids is 1. The average Bonchev–Trinajstić information content (AvgIpc) is 2.34. The molecule has 18 heavy (non-hydrogen) atoms. The fraction of sp³-hybridized carbons (Fsp3) is 0.538. The number of halogens is 1. The summed E-state index contributed by atoms with van der Waals surface area (Å²) in [6.07, 6.45) is 3.51. The lowest BCUT2D eigenvalue weighted by molar-refractivity contribution is -0.139. The highest BCUT2D eigenvalue weighted by Crippen LogP contribution is 2.35. The van der Waals surface area contributed by atoms with E-state index in [0.717, 1.165) is 12.0 Å². The van der Waals surface area contributed by atoms with Gasteiger partial charge in [0, 0.05) is 12.1 Å². The van der Waals surface area contributed by atoms with Crippen molar-refractivity contribution in [3.63, 3.8) is 0 Å². The lowest BCUT2D eigenvalue weighted by Gasteiger charge is -2.33. The van der Waals surface area contributed by atoms with Gasteiger partial charge in [0.15, 0.2) is 0 Å². The first-order valence-corrected chi connectivity index (χ1v) is 6.88. The highest BCUT2D eigenvalue weighted by Gasteiger charge is 2.41. The molecule has 1 aromatic rings. The number of rotatable bonds is 6. The van der Waals surface area contributed by atoms with E-state index >= 15 is 0 Å². The summed E-state index contributed by atoms with van der Waals surface area (Å²) in [6.45, 7) is 3.78. The molecular weight excluding hydrogens is 296 g/mol. The standard InChI is InChI=1S/C13H19BrN2O2/c1-3-5-10(13(18,4-2)12(15)17)9-6-7-16-11(14)8-9/h6-8,10,18H,3-5H2,1-2H3,(H2,15,17). The van der Waals surface area contributed by atoms with E-state index in [-0.39, 0.29) is 5.92 Å². The van der Waals surface area contributed by atoms with Crippen LogP contribution in [0, 0.1) is 0 Å². The van der Waals surface area contributed by atoms with E-state index in [0.29, 0.717) is 17.4 Å². The van der Waals surface area contributed by atoms with Gasteiger partial charge in [0.1, 0.15) is 10.2 Å². The van der Waals surface area contributed by atoms with Gasteiger partial charge in [-0.15, -0.1) is 0 Å². The van der Waals surface area contributed by atoms with Crippen molar-refractivity contribution in [1.29, 1.82) is 0 Å². The average molecular weight is 315 g/mol. The van der Waals surface area contributed by atoms with E-state index in [4.69, 9.17) is 5.73 Å². The number of nitrogens with zero attached hydrogens (tertiary/aromatic N) is 1. The Morgan fingerprint density at radius 1 is 1.61 bits per heavy atom. The largest absolute Gasteiger partial charge is 0.379 e. The van der Waals surface area contributed by atoms with Crippen molar-refractivity contribution < 1.29 is 9.90 Å². The van der Waals surface area contributed by atoms with Gasteiger partial charge < -0.3 is 10.8 Å². The molecule has 1 amide bonds. The SMILES string of the molecule is CCCC(c1ccnc(Br)c1)C(O)(CC)C(N)=O. The molecule has 0 saturated heterocycles. The van der Waals surface area contributed by atoms with E-state index in [2.05, 4.69) is 20.9 Å². The molecule has 1 aromatic heterocycles. The normalized spacial score (nSPS) is 16.0. The quantitative estimate of drug-likeness (QED) is 0.791. The van der Waals surface area contributed by atoms with Crippen LogP contribution >= 0.6 is 15.9 Å². The Hall–Kier alpha value is -0.940. The van der Waals surface area contributed by atoms with E-state index in [1.807, 2.05) is 19.1 Å². The van der Waals surface area contributed by atoms with E-state index < -0.39 is 11.5 Å². The molecular formula is C13H19BrN2O2. The Bertz CT molecular complexity index is 425. The van der Waals surface area contributed by atoms with Crippen LogP contribution in [-0.4, -0.2) is 21.6 Å². The molecule has 1 heterocycles. The van der Waals surface area contributed by atoms with Crippen LogP contribution in [0.2, 0.25) is 0 Å². The van der Waals surface area contributed by atoms with Crippen LogP contribution in [-0.2, 0) is 4.79 Å². The van der Waals surface area contributed by atoms with Gasteiger partial charge in [-0.3, -0.25) is 4.79 Å². The maximum atomic E-state index is 11.6. The van der Waals surface area contributed by atoms with Gasteiger partial charge >= 0.3 is 0 Å². The molecule has 4 nitrogen and oxygen atoms in total. The first-order valence-electron chi connectivity index (χ1n) is 6.09. The molecule has 100 valence electrons. The first-order chi connectivity index (χ1) is 8.45. The molecule has 0 aromatic carbocycles. The second-order valence-electron chi connectivity index (χ2n) is 4.40. The summed E-state index contributed by atoms with van der Waals surface area (Å²) in [5, 5.41) is 10.5. The maximum absolute atomic E-state index is 11.6. The van der Waals surface area contributed by atoms with Crippen LogP contribution in [0.1, 0.15) is 44.6 Å². The van der Waals surface area contributed by atoms with Crippen LogP contribution in [0.15, 0.2) is 22.9 Å². The summed E-state index contributed by atoms with van der Waals surface area (Å²) < 4.78 is 0.684. The number of hydrogen-bond donors (Lipinski definition) is 2. The fourth-order valence-corrected chi connectivity index (χ4v) is 2.58. The number of pyridine rings is 1. The van der Waals surface area contributed by atoms with Crippen LogP contribution in [0.4, 0.5) is 0 Å². The Labute approximate surface area is 116 Å². The van der Waals surface area contributed by atoms with Gasteiger partial charge in [-0.1, -0.05) is 20.3 Å². The highest BCUT2D eigenvalue weighted by molar-refractivity contribution is 9.10. The minimum absolute atomic E-state index is 0.299. The molecule has 0 aliphatic carbocycles. The summed E-state index contributed by atoms with van der Waals surface area (Å²) in [4.78, 5) is 15.6. The Balaban J connectivity index is 3.20. The molecule has 0 spiro atoms. The third kappa shape index (κ3) is 3.09. The maximum Gasteiger partial charge on any atom is 0.250 e. The van der Waals surface area contributed by atoms with Crippen molar-refractivity contribution in [3.8, 4) is 0 Å². The predicted octanol–water partition coefficient (Wildman–Crippen LogP) is 2.35. The summed E-state index contributed by atoms with van der Waals surface area (Å²) >= 11 is 3.30. The van der Waals surface area contributed by atoms with E-state index in [1.165, 1.54) is 0 Å². The van der Waals surface area contributed by atoms with Gasteiger partial charge in [-0.05, 0) is 46.5 Å². The topological polar surface area (TPSA) is 76.2 Å². The number of hydrogen-bond acceptors (Lipinski definition) is 3. The fourth-order valence-electron chi connectivity index (χ4n) is 2.20. The molecule has 3 N–H and O–H groups in total. The first kappa shape index (κ1) is 15.1. The van der Waals surface area contributed by atoms with E-state index in [9.17, 15) is 9.90 Å². The van der Waals surface area contributed by atoms with Crippen molar-refractivity contribution in [2.24, 2.45) is 5.73 Å². The van der Waals surface area contributed by atoms with Crippen LogP contribution in [0.3, 0.4) is 0 Å². The number of aromatic nitrogens is 1. The minimum atomic E-state index is -1.50. The van der Waals surface area contributed by atoms with Crippen molar-refractivity contribution >= 4 is 21.8 Å². The van der Waals surface area contributed by atoms with Gasteiger partial charge in [0.2, 0.25) is 5.91 Å². The lowest BCUT2D eigenvalue weighted by atomic mass is 9.77. The molecule has 2 unspecified atom stereocenters. The highest BCUT2D eigenvalue weighted by atomic mass is 79.9. The summed E-state index contributed by atoms with van der Waals surface area (Å²) in [5.74, 6) is -0.972. The lowest BCUT2D eigenvalue weighted by Crippen LogP contribution is -2.48. The number of primary amides is 1. The molecule has 0 saturated carbocycles. The number of nitrogens with two attached hydrogens (primary N) is 1. The Morgan fingerprint density at radius 3 is 2.72 bits per heavy atom. The molecule has 0 aliphatic heterocycles. The molecule has 0 fully saturated rings. The number of carbonyl (C=O) groups is 1. The molecule has 0 bridgehead atoms. The van der Waals surface area contributed by atoms with Crippen LogP contribution < -0.4 is 5.73 Å². The number of amides is 1. The van der Waals surface area contributed by atoms with Crippen molar-refractivity contribution in [1.82, 2.24) is 4.98 Å². The predicted molar refractivity (Wildman–Crippen MR) is 74.0 cm³/mol. The summed E-state index contributed by atoms with van der Waals surface area (Å²) in [7, 11) is 0. The van der Waals surface area contributed by atoms with Crippen molar-refractivity contribution in [3.05, 3.63) is 28.5 Å².